The average Bonchev–Trinajstić information content (AvgIpc) is 3.05. The smallest absolute Gasteiger partial charge is 0.321 e. The van der Waals surface area contributed by atoms with Crippen LogP contribution >= 0.6 is 0 Å². The number of carbonyl (C=O) groups is 2. The van der Waals surface area contributed by atoms with Crippen LogP contribution in [-0.2, 0) is 4.79 Å². The Morgan fingerprint density at radius 2 is 1.77 bits per heavy atom. The van der Waals surface area contributed by atoms with Gasteiger partial charge in [-0.15, -0.1) is 0 Å². The number of carbonyl (C=O) groups excluding carboxylic acids is 2. The molecule has 2 aromatic carbocycles. The minimum absolute atomic E-state index is 0.115. The summed E-state index contributed by atoms with van der Waals surface area (Å²) in [6.07, 6.45) is 1.25. The molecule has 1 saturated heterocycles. The van der Waals surface area contributed by atoms with E-state index in [1.165, 1.54) is 21.8 Å². The minimum Gasteiger partial charge on any atom is -0.369 e. The molecule has 30 heavy (non-hydrogen) atoms. The summed E-state index contributed by atoms with van der Waals surface area (Å²) in [5.74, 6) is -0.398. The number of nitrogens with one attached hydrogen (secondary N) is 1. The highest BCUT2D eigenvalue weighted by atomic mass is 16.2. The molecule has 1 aromatic heterocycles. The summed E-state index contributed by atoms with van der Waals surface area (Å²) in [4.78, 5) is 26.1. The number of para-hydroxylation sites is 1. The molecular formula is C24H30N4O2. The third kappa shape index (κ3) is 3.30. The lowest BCUT2D eigenvalue weighted by Crippen LogP contribution is -2.43. The number of primary amides is 1. The summed E-state index contributed by atoms with van der Waals surface area (Å²) in [6.45, 7) is 9.62. The second-order valence-corrected chi connectivity index (χ2v) is 8.66. The molecule has 4 rings (SSSR count). The number of hydrogen-bond donors (Lipinski definition) is 2. The van der Waals surface area contributed by atoms with Gasteiger partial charge in [-0.05, 0) is 63.8 Å². The van der Waals surface area contributed by atoms with E-state index >= 15 is 0 Å². The Hall–Kier alpha value is -3.02. The van der Waals surface area contributed by atoms with E-state index in [0.717, 1.165) is 16.8 Å². The molecular weight excluding hydrogens is 376 g/mol. The van der Waals surface area contributed by atoms with Crippen molar-refractivity contribution in [3.63, 3.8) is 0 Å². The molecule has 0 unspecified atom stereocenters. The molecule has 1 aliphatic heterocycles. The molecule has 2 heterocycles. The molecule has 1 aliphatic rings. The molecule has 3 aromatic rings. The third-order valence-corrected chi connectivity index (χ3v) is 6.38. The van der Waals surface area contributed by atoms with E-state index in [1.54, 1.807) is 4.90 Å². The number of piperidine rings is 1. The average molecular weight is 407 g/mol. The van der Waals surface area contributed by atoms with Gasteiger partial charge in [0.2, 0.25) is 5.91 Å². The van der Waals surface area contributed by atoms with Crippen molar-refractivity contribution in [2.75, 3.05) is 18.4 Å². The van der Waals surface area contributed by atoms with Crippen LogP contribution in [0.2, 0.25) is 0 Å². The van der Waals surface area contributed by atoms with Crippen molar-refractivity contribution in [2.45, 2.75) is 46.6 Å². The van der Waals surface area contributed by atoms with Crippen molar-refractivity contribution in [1.29, 1.82) is 0 Å². The second kappa shape index (κ2) is 7.67. The predicted molar refractivity (Wildman–Crippen MR) is 122 cm³/mol. The normalized spacial score (nSPS) is 15.3. The first kappa shape index (κ1) is 20.3. The summed E-state index contributed by atoms with van der Waals surface area (Å²) in [6, 6.07) is 10.8. The first-order valence-electron chi connectivity index (χ1n) is 10.7. The maximum absolute atomic E-state index is 13.0. The third-order valence-electron chi connectivity index (χ3n) is 6.38. The van der Waals surface area contributed by atoms with Gasteiger partial charge in [0.05, 0.1) is 5.52 Å². The van der Waals surface area contributed by atoms with Crippen LogP contribution in [0.25, 0.3) is 21.8 Å². The lowest BCUT2D eigenvalue weighted by Gasteiger charge is -2.31. The highest BCUT2D eigenvalue weighted by Gasteiger charge is 2.27. The number of nitrogens with two attached hydrogens (primary N) is 1. The Kier molecular flexibility index (Phi) is 5.18. The Balaban J connectivity index is 1.71. The number of likely N-dealkylation sites (tertiary alicyclic amines) is 1. The summed E-state index contributed by atoms with van der Waals surface area (Å²) < 4.78 is 2.37. The quantitative estimate of drug-likeness (QED) is 0.660. The van der Waals surface area contributed by atoms with Gasteiger partial charge in [0.1, 0.15) is 0 Å². The number of aromatic nitrogens is 1. The fourth-order valence-corrected chi connectivity index (χ4v) is 4.82. The maximum Gasteiger partial charge on any atom is 0.321 e. The molecule has 0 spiro atoms. The van der Waals surface area contributed by atoms with Gasteiger partial charge in [-0.25, -0.2) is 4.79 Å². The number of anilines is 1. The largest absolute Gasteiger partial charge is 0.369 e. The van der Waals surface area contributed by atoms with Gasteiger partial charge in [-0.3, -0.25) is 4.79 Å². The number of fused-ring (bicyclic) bond motifs is 3. The van der Waals surface area contributed by atoms with Crippen LogP contribution in [0.4, 0.5) is 10.5 Å². The zero-order chi connectivity index (χ0) is 21.6. The van der Waals surface area contributed by atoms with Gasteiger partial charge < -0.3 is 20.5 Å². The summed E-state index contributed by atoms with van der Waals surface area (Å²) in [5.41, 5.74) is 10.8. The Morgan fingerprint density at radius 3 is 2.40 bits per heavy atom. The van der Waals surface area contributed by atoms with E-state index in [9.17, 15) is 9.59 Å². The van der Waals surface area contributed by atoms with E-state index in [1.807, 2.05) is 6.92 Å². The highest BCUT2D eigenvalue weighted by molar-refractivity contribution is 6.12. The van der Waals surface area contributed by atoms with Crippen molar-refractivity contribution in [2.24, 2.45) is 11.7 Å². The Bertz CT molecular complexity index is 1140. The summed E-state index contributed by atoms with van der Waals surface area (Å²) in [7, 11) is 0. The SMILES string of the molecule is Cc1cc2c(c(C)c1NC(=O)N1CCC(C(N)=O)CC1)c1ccccc1n2C(C)C. The van der Waals surface area contributed by atoms with Gasteiger partial charge in [-0.2, -0.15) is 0 Å². The second-order valence-electron chi connectivity index (χ2n) is 8.66. The molecule has 0 saturated carbocycles. The maximum atomic E-state index is 13.0. The Morgan fingerprint density at radius 1 is 1.10 bits per heavy atom. The minimum atomic E-state index is -0.270. The zero-order valence-electron chi connectivity index (χ0n) is 18.2. The highest BCUT2D eigenvalue weighted by Crippen LogP contribution is 2.38. The van der Waals surface area contributed by atoms with Gasteiger partial charge in [0.15, 0.2) is 0 Å². The van der Waals surface area contributed by atoms with Gasteiger partial charge >= 0.3 is 6.03 Å². The molecule has 1 fully saturated rings. The molecule has 0 atom stereocenters. The van der Waals surface area contributed by atoms with E-state index in [0.29, 0.717) is 32.0 Å². The number of urea groups is 1. The summed E-state index contributed by atoms with van der Waals surface area (Å²) >= 11 is 0. The fraction of sp³-hybridized carbons (Fsp3) is 0.417. The van der Waals surface area contributed by atoms with Gasteiger partial charge in [0, 0.05) is 47.0 Å². The van der Waals surface area contributed by atoms with E-state index in [-0.39, 0.29) is 17.9 Å². The standard InChI is InChI=1S/C24H30N4O2/c1-14(2)28-19-8-6-5-7-18(19)21-16(4)22(15(3)13-20(21)28)26-24(30)27-11-9-17(10-12-27)23(25)29/h5-8,13-14,17H,9-12H2,1-4H3,(H2,25,29)(H,26,30). The van der Waals surface area contributed by atoms with E-state index in [4.69, 9.17) is 5.73 Å². The van der Waals surface area contributed by atoms with Crippen LogP contribution in [-0.4, -0.2) is 34.5 Å². The van der Waals surface area contributed by atoms with Gasteiger partial charge in [-0.1, -0.05) is 18.2 Å². The Labute approximate surface area is 177 Å². The van der Waals surface area contributed by atoms with Crippen LogP contribution in [0, 0.1) is 19.8 Å². The van der Waals surface area contributed by atoms with Crippen LogP contribution in [0.3, 0.4) is 0 Å². The molecule has 6 heteroatoms. The van der Waals surface area contributed by atoms with Crippen molar-refractivity contribution in [1.82, 2.24) is 9.47 Å². The van der Waals surface area contributed by atoms with Crippen LogP contribution in [0.15, 0.2) is 30.3 Å². The number of aryl methyl sites for hydroxylation is 2. The summed E-state index contributed by atoms with van der Waals surface area (Å²) in [5, 5.41) is 5.54. The lowest BCUT2D eigenvalue weighted by molar-refractivity contribution is -0.122. The number of nitrogens with zero attached hydrogens (tertiary/aromatic N) is 2. The first-order chi connectivity index (χ1) is 14.3. The molecule has 0 radical (unpaired) electrons. The fourth-order valence-electron chi connectivity index (χ4n) is 4.82. The number of hydrogen-bond acceptors (Lipinski definition) is 2. The molecule has 3 N–H and O–H groups in total. The predicted octanol–water partition coefficient (Wildman–Crippen LogP) is 4.72. The van der Waals surface area contributed by atoms with E-state index in [2.05, 4.69) is 61.0 Å². The topological polar surface area (TPSA) is 80.4 Å². The van der Waals surface area contributed by atoms with Crippen molar-refractivity contribution >= 4 is 39.4 Å². The molecule has 6 nitrogen and oxygen atoms in total. The van der Waals surface area contributed by atoms with Crippen LogP contribution in [0.5, 0.6) is 0 Å². The number of benzene rings is 2. The molecule has 0 aliphatic carbocycles. The molecule has 158 valence electrons. The first-order valence-corrected chi connectivity index (χ1v) is 10.7. The molecule has 3 amide bonds. The van der Waals surface area contributed by atoms with Crippen molar-refractivity contribution in [3.05, 3.63) is 41.5 Å². The monoisotopic (exact) mass is 406 g/mol. The lowest BCUT2D eigenvalue weighted by atomic mass is 9.96. The van der Waals surface area contributed by atoms with Crippen molar-refractivity contribution < 1.29 is 9.59 Å². The molecule has 0 bridgehead atoms. The van der Waals surface area contributed by atoms with Crippen molar-refractivity contribution in [3.8, 4) is 0 Å². The van der Waals surface area contributed by atoms with Crippen LogP contribution < -0.4 is 11.1 Å². The zero-order valence-corrected chi connectivity index (χ0v) is 18.2. The number of rotatable bonds is 3. The van der Waals surface area contributed by atoms with Gasteiger partial charge in [0.25, 0.3) is 0 Å². The van der Waals surface area contributed by atoms with E-state index < -0.39 is 0 Å². The van der Waals surface area contributed by atoms with Crippen LogP contribution in [0.1, 0.15) is 43.9 Å². The number of amides is 3.